The molecule has 0 radical (unpaired) electrons. The topological polar surface area (TPSA) is 23.6 Å². The van der Waals surface area contributed by atoms with Crippen molar-refractivity contribution in [3.63, 3.8) is 0 Å². The van der Waals surface area contributed by atoms with Gasteiger partial charge in [0, 0.05) is 19.2 Å². The molecule has 0 rings (SSSR count). The maximum absolute atomic E-state index is 11.9. The minimum atomic E-state index is 0.109. The van der Waals surface area contributed by atoms with E-state index in [0.717, 1.165) is 13.1 Å². The summed E-state index contributed by atoms with van der Waals surface area (Å²) in [6, 6.07) is 0. The van der Waals surface area contributed by atoms with Gasteiger partial charge >= 0.3 is 0 Å². The monoisotopic (exact) mass is 338 g/mol. The van der Waals surface area contributed by atoms with E-state index in [1.807, 2.05) is 36.9 Å². The second-order valence-electron chi connectivity index (χ2n) is 4.62. The highest BCUT2D eigenvalue weighted by Gasteiger charge is 2.16. The van der Waals surface area contributed by atoms with Crippen LogP contribution in [0.2, 0.25) is 0 Å². The van der Waals surface area contributed by atoms with E-state index in [-0.39, 0.29) is 9.96 Å². The van der Waals surface area contributed by atoms with Crippen molar-refractivity contribution in [2.45, 2.75) is 24.8 Å². The zero-order valence-corrected chi connectivity index (χ0v) is 13.1. The van der Waals surface area contributed by atoms with Gasteiger partial charge < -0.3 is 9.80 Å². The van der Waals surface area contributed by atoms with Gasteiger partial charge in [0.05, 0.1) is 4.05 Å². The molecular formula is C12H23IN2O. The molecule has 0 bridgehead atoms. The first-order valence-electron chi connectivity index (χ1n) is 5.60. The molecule has 0 fully saturated rings. The van der Waals surface area contributed by atoms with Gasteiger partial charge in [-0.2, -0.15) is 0 Å². The number of likely N-dealkylation sites (N-methyl/N-ethyl adjacent to an activating group) is 1. The Hall–Kier alpha value is -0.100. The first-order valence-corrected chi connectivity index (χ1v) is 6.85. The van der Waals surface area contributed by atoms with E-state index in [2.05, 4.69) is 36.4 Å². The molecule has 0 aliphatic heterocycles. The van der Waals surface area contributed by atoms with Crippen molar-refractivity contribution in [2.75, 3.05) is 27.2 Å². The molecule has 94 valence electrons. The van der Waals surface area contributed by atoms with Gasteiger partial charge in [0.25, 0.3) is 0 Å². The van der Waals surface area contributed by atoms with Crippen LogP contribution in [0.5, 0.6) is 0 Å². The molecule has 16 heavy (non-hydrogen) atoms. The molecule has 0 aromatic carbocycles. The summed E-state index contributed by atoms with van der Waals surface area (Å²) >= 11 is 2.28. The largest absolute Gasteiger partial charge is 0.327 e. The number of alkyl halides is 1. The van der Waals surface area contributed by atoms with Gasteiger partial charge in [-0.25, -0.2) is 0 Å². The SMILES string of the molecule is CC(C)CN(C(=O)/C=C\CN(C)C)C(C)I. The third kappa shape index (κ3) is 7.22. The summed E-state index contributed by atoms with van der Waals surface area (Å²) in [6.07, 6.45) is 3.59. The maximum Gasteiger partial charge on any atom is 0.247 e. The summed E-state index contributed by atoms with van der Waals surface area (Å²) in [4.78, 5) is 15.8. The Balaban J connectivity index is 4.33. The molecule has 0 saturated carbocycles. The lowest BCUT2D eigenvalue weighted by atomic mass is 10.2. The third-order valence-corrected chi connectivity index (χ3v) is 2.68. The Morgan fingerprint density at radius 1 is 1.31 bits per heavy atom. The number of hydrogen-bond donors (Lipinski definition) is 0. The summed E-state index contributed by atoms with van der Waals surface area (Å²) in [5.41, 5.74) is 0. The summed E-state index contributed by atoms with van der Waals surface area (Å²) < 4.78 is 0.233. The quantitative estimate of drug-likeness (QED) is 0.321. The van der Waals surface area contributed by atoms with Gasteiger partial charge in [0.1, 0.15) is 0 Å². The predicted molar refractivity (Wildman–Crippen MR) is 77.7 cm³/mol. The van der Waals surface area contributed by atoms with Crippen LogP contribution >= 0.6 is 22.6 Å². The van der Waals surface area contributed by atoms with Crippen LogP contribution in [-0.2, 0) is 4.79 Å². The van der Waals surface area contributed by atoms with Gasteiger partial charge in [-0.15, -0.1) is 0 Å². The highest BCUT2D eigenvalue weighted by atomic mass is 127. The van der Waals surface area contributed by atoms with E-state index in [0.29, 0.717) is 5.92 Å². The highest BCUT2D eigenvalue weighted by molar-refractivity contribution is 14.1. The van der Waals surface area contributed by atoms with Crippen LogP contribution in [0.1, 0.15) is 20.8 Å². The van der Waals surface area contributed by atoms with Crippen LogP contribution in [0.25, 0.3) is 0 Å². The Bertz CT molecular complexity index is 237. The standard InChI is InChI=1S/C12H23IN2O/c1-10(2)9-15(11(3)13)12(16)7-6-8-14(4)5/h6-7,10-11H,8-9H2,1-5H3/b7-6-. The molecule has 0 saturated heterocycles. The first kappa shape index (κ1) is 15.9. The number of halogens is 1. The van der Waals surface area contributed by atoms with E-state index in [1.165, 1.54) is 0 Å². The highest BCUT2D eigenvalue weighted by Crippen LogP contribution is 2.11. The Morgan fingerprint density at radius 3 is 2.25 bits per heavy atom. The molecular weight excluding hydrogens is 315 g/mol. The number of hydrogen-bond acceptors (Lipinski definition) is 2. The van der Waals surface area contributed by atoms with Crippen molar-refractivity contribution in [1.82, 2.24) is 9.80 Å². The molecule has 4 heteroatoms. The Morgan fingerprint density at radius 2 is 1.88 bits per heavy atom. The van der Waals surface area contributed by atoms with E-state index >= 15 is 0 Å². The lowest BCUT2D eigenvalue weighted by Crippen LogP contribution is -2.37. The maximum atomic E-state index is 11.9. The van der Waals surface area contributed by atoms with Gasteiger partial charge in [0.15, 0.2) is 0 Å². The normalized spacial score (nSPS) is 13.8. The third-order valence-electron chi connectivity index (χ3n) is 2.01. The number of rotatable bonds is 6. The van der Waals surface area contributed by atoms with Crippen LogP contribution in [-0.4, -0.2) is 46.9 Å². The smallest absolute Gasteiger partial charge is 0.247 e. The van der Waals surface area contributed by atoms with Crippen molar-refractivity contribution in [3.8, 4) is 0 Å². The average Bonchev–Trinajstić information content (AvgIpc) is 2.12. The molecule has 0 aliphatic carbocycles. The van der Waals surface area contributed by atoms with E-state index < -0.39 is 0 Å². The molecule has 0 spiro atoms. The fourth-order valence-electron chi connectivity index (χ4n) is 1.26. The lowest BCUT2D eigenvalue weighted by Gasteiger charge is -2.26. The van der Waals surface area contributed by atoms with Crippen LogP contribution in [0, 0.1) is 5.92 Å². The molecule has 1 unspecified atom stereocenters. The van der Waals surface area contributed by atoms with E-state index in [4.69, 9.17) is 0 Å². The number of nitrogens with zero attached hydrogens (tertiary/aromatic N) is 2. The minimum Gasteiger partial charge on any atom is -0.327 e. The summed E-state index contributed by atoms with van der Waals surface area (Å²) in [6.45, 7) is 7.92. The summed E-state index contributed by atoms with van der Waals surface area (Å²) in [5.74, 6) is 0.612. The number of carbonyl (C=O) groups is 1. The predicted octanol–water partition coefficient (Wildman–Crippen LogP) is 2.37. The van der Waals surface area contributed by atoms with Crippen molar-refractivity contribution in [3.05, 3.63) is 12.2 Å². The van der Waals surface area contributed by atoms with Gasteiger partial charge in [-0.1, -0.05) is 42.5 Å². The Kier molecular flexibility index (Phi) is 8.01. The molecule has 3 nitrogen and oxygen atoms in total. The van der Waals surface area contributed by atoms with Crippen molar-refractivity contribution >= 4 is 28.5 Å². The molecule has 0 aromatic heterocycles. The van der Waals surface area contributed by atoms with Crippen LogP contribution in [0.15, 0.2) is 12.2 Å². The molecule has 1 atom stereocenters. The molecule has 0 aliphatic rings. The second kappa shape index (κ2) is 8.06. The zero-order chi connectivity index (χ0) is 12.7. The van der Waals surface area contributed by atoms with Crippen LogP contribution in [0.4, 0.5) is 0 Å². The van der Waals surface area contributed by atoms with Crippen molar-refractivity contribution in [1.29, 1.82) is 0 Å². The molecule has 0 N–H and O–H groups in total. The fourth-order valence-corrected chi connectivity index (χ4v) is 1.77. The van der Waals surface area contributed by atoms with Gasteiger partial charge in [-0.05, 0) is 26.9 Å². The first-order chi connectivity index (χ1) is 7.34. The van der Waals surface area contributed by atoms with E-state index in [9.17, 15) is 4.79 Å². The average molecular weight is 338 g/mol. The molecule has 0 aromatic rings. The van der Waals surface area contributed by atoms with Gasteiger partial charge in [-0.3, -0.25) is 4.79 Å². The zero-order valence-electron chi connectivity index (χ0n) is 10.9. The van der Waals surface area contributed by atoms with Crippen molar-refractivity contribution in [2.24, 2.45) is 5.92 Å². The van der Waals surface area contributed by atoms with Crippen LogP contribution in [0.3, 0.4) is 0 Å². The second-order valence-corrected chi connectivity index (χ2v) is 6.43. The van der Waals surface area contributed by atoms with Crippen molar-refractivity contribution < 1.29 is 4.79 Å². The van der Waals surface area contributed by atoms with E-state index in [1.54, 1.807) is 6.08 Å². The summed E-state index contributed by atoms with van der Waals surface area (Å²) in [7, 11) is 3.98. The summed E-state index contributed by atoms with van der Waals surface area (Å²) in [5, 5.41) is 0. The number of amides is 1. The lowest BCUT2D eigenvalue weighted by molar-refractivity contribution is -0.126. The van der Waals surface area contributed by atoms with Crippen LogP contribution < -0.4 is 0 Å². The Labute approximate surface area is 113 Å². The fraction of sp³-hybridized carbons (Fsp3) is 0.750. The molecule has 0 heterocycles. The number of carbonyl (C=O) groups excluding carboxylic acids is 1. The minimum absolute atomic E-state index is 0.109. The van der Waals surface area contributed by atoms with Gasteiger partial charge in [0.2, 0.25) is 5.91 Å². The molecule has 1 amide bonds.